The highest BCUT2D eigenvalue weighted by Gasteiger charge is 1.99. The fraction of sp³-hybridized carbons (Fsp3) is 0.100. The first-order chi connectivity index (χ1) is 6.40. The Bertz CT molecular complexity index is 382. The zero-order valence-electron chi connectivity index (χ0n) is 7.32. The summed E-state index contributed by atoms with van der Waals surface area (Å²) in [6, 6.07) is 5.89. The number of aromatic nitrogens is 2. The van der Waals surface area contributed by atoms with E-state index in [1.165, 1.54) is 0 Å². The second-order valence-corrected chi connectivity index (χ2v) is 2.70. The molecule has 0 spiro atoms. The quantitative estimate of drug-likeness (QED) is 0.756. The third-order valence-electron chi connectivity index (χ3n) is 1.86. The van der Waals surface area contributed by atoms with Gasteiger partial charge < -0.3 is 9.72 Å². The van der Waals surface area contributed by atoms with Gasteiger partial charge >= 0.3 is 0 Å². The van der Waals surface area contributed by atoms with Gasteiger partial charge in [0, 0.05) is 23.7 Å². The van der Waals surface area contributed by atoms with Crippen LogP contribution in [0.5, 0.6) is 5.75 Å². The Morgan fingerprint density at radius 2 is 2.31 bits per heavy atom. The Morgan fingerprint density at radius 1 is 1.38 bits per heavy atom. The van der Waals surface area contributed by atoms with Crippen LogP contribution in [0.2, 0.25) is 0 Å². The second-order valence-electron chi connectivity index (χ2n) is 2.70. The van der Waals surface area contributed by atoms with E-state index >= 15 is 0 Å². The van der Waals surface area contributed by atoms with E-state index in [1.807, 2.05) is 24.4 Å². The standard InChI is InChI=1S/C10H10N2O/c1-13-9-5-8(6-11-7-9)10-3-2-4-12-10/h2-7,12H,1H3. The highest BCUT2D eigenvalue weighted by Crippen LogP contribution is 2.20. The molecule has 3 heteroatoms. The molecule has 0 aliphatic carbocycles. The summed E-state index contributed by atoms with van der Waals surface area (Å²) in [5.41, 5.74) is 2.08. The molecule has 0 bridgehead atoms. The van der Waals surface area contributed by atoms with Gasteiger partial charge in [-0.25, -0.2) is 0 Å². The van der Waals surface area contributed by atoms with Crippen molar-refractivity contribution in [2.75, 3.05) is 7.11 Å². The molecule has 0 unspecified atom stereocenters. The minimum atomic E-state index is 0.770. The van der Waals surface area contributed by atoms with E-state index in [2.05, 4.69) is 9.97 Å². The highest BCUT2D eigenvalue weighted by molar-refractivity contribution is 5.59. The van der Waals surface area contributed by atoms with Crippen LogP contribution in [0.3, 0.4) is 0 Å². The van der Waals surface area contributed by atoms with Crippen LogP contribution in [0.4, 0.5) is 0 Å². The Morgan fingerprint density at radius 3 is 3.00 bits per heavy atom. The lowest BCUT2D eigenvalue weighted by molar-refractivity contribution is 0.413. The second kappa shape index (κ2) is 3.31. The van der Waals surface area contributed by atoms with Crippen molar-refractivity contribution in [3.63, 3.8) is 0 Å². The monoisotopic (exact) mass is 174 g/mol. The maximum atomic E-state index is 5.08. The molecule has 2 aromatic rings. The Kier molecular flexibility index (Phi) is 2.00. The number of aromatic amines is 1. The Labute approximate surface area is 76.4 Å². The lowest BCUT2D eigenvalue weighted by atomic mass is 10.2. The van der Waals surface area contributed by atoms with Crippen LogP contribution in [-0.2, 0) is 0 Å². The normalized spacial score (nSPS) is 9.92. The van der Waals surface area contributed by atoms with Gasteiger partial charge in [0.05, 0.1) is 13.3 Å². The van der Waals surface area contributed by atoms with Gasteiger partial charge in [-0.2, -0.15) is 0 Å². The van der Waals surface area contributed by atoms with Crippen molar-refractivity contribution in [2.45, 2.75) is 0 Å². The molecule has 0 saturated heterocycles. The summed E-state index contributed by atoms with van der Waals surface area (Å²) < 4.78 is 5.08. The molecule has 0 fully saturated rings. The molecule has 2 rings (SSSR count). The van der Waals surface area contributed by atoms with Gasteiger partial charge in [-0.3, -0.25) is 4.98 Å². The zero-order valence-corrected chi connectivity index (χ0v) is 7.32. The number of nitrogens with zero attached hydrogens (tertiary/aromatic N) is 1. The smallest absolute Gasteiger partial charge is 0.137 e. The third-order valence-corrected chi connectivity index (χ3v) is 1.86. The van der Waals surface area contributed by atoms with Crippen LogP contribution in [-0.4, -0.2) is 17.1 Å². The van der Waals surface area contributed by atoms with Crippen LogP contribution in [0.1, 0.15) is 0 Å². The van der Waals surface area contributed by atoms with Gasteiger partial charge in [0.25, 0.3) is 0 Å². The van der Waals surface area contributed by atoms with Gasteiger partial charge in [-0.1, -0.05) is 0 Å². The molecule has 2 heterocycles. The summed E-state index contributed by atoms with van der Waals surface area (Å²) in [5, 5.41) is 0. The van der Waals surface area contributed by atoms with E-state index in [-0.39, 0.29) is 0 Å². The minimum Gasteiger partial charge on any atom is -0.495 e. The lowest BCUT2D eigenvalue weighted by Crippen LogP contribution is -1.85. The molecule has 3 nitrogen and oxygen atoms in total. The summed E-state index contributed by atoms with van der Waals surface area (Å²) in [6.45, 7) is 0. The van der Waals surface area contributed by atoms with E-state index in [0.717, 1.165) is 17.0 Å². The van der Waals surface area contributed by atoms with Gasteiger partial charge in [0.1, 0.15) is 5.75 Å². The van der Waals surface area contributed by atoms with Crippen molar-refractivity contribution in [3.8, 4) is 17.0 Å². The van der Waals surface area contributed by atoms with E-state index in [9.17, 15) is 0 Å². The summed E-state index contributed by atoms with van der Waals surface area (Å²) in [4.78, 5) is 7.18. The van der Waals surface area contributed by atoms with Crippen LogP contribution in [0.25, 0.3) is 11.3 Å². The molecular formula is C10H10N2O. The number of ether oxygens (including phenoxy) is 1. The topological polar surface area (TPSA) is 37.9 Å². The van der Waals surface area contributed by atoms with Crippen molar-refractivity contribution in [3.05, 3.63) is 36.8 Å². The van der Waals surface area contributed by atoms with E-state index in [4.69, 9.17) is 4.74 Å². The first-order valence-corrected chi connectivity index (χ1v) is 4.03. The van der Waals surface area contributed by atoms with Crippen molar-refractivity contribution >= 4 is 0 Å². The number of hydrogen-bond acceptors (Lipinski definition) is 2. The fourth-order valence-electron chi connectivity index (χ4n) is 1.19. The molecule has 0 saturated carbocycles. The molecule has 2 aromatic heterocycles. The van der Waals surface area contributed by atoms with E-state index < -0.39 is 0 Å². The SMILES string of the molecule is COc1cncc(-c2ccc[nH]2)c1. The molecule has 0 aromatic carbocycles. The minimum absolute atomic E-state index is 0.770. The van der Waals surface area contributed by atoms with E-state index in [0.29, 0.717) is 0 Å². The number of pyridine rings is 1. The third kappa shape index (κ3) is 1.54. The molecule has 0 atom stereocenters. The Hall–Kier alpha value is -1.77. The Balaban J connectivity index is 2.41. The molecule has 0 aliphatic heterocycles. The molecule has 0 aliphatic rings. The molecule has 66 valence electrons. The van der Waals surface area contributed by atoms with Crippen molar-refractivity contribution in [1.29, 1.82) is 0 Å². The van der Waals surface area contributed by atoms with Gasteiger partial charge in [0.15, 0.2) is 0 Å². The zero-order chi connectivity index (χ0) is 9.10. The van der Waals surface area contributed by atoms with Gasteiger partial charge in [-0.15, -0.1) is 0 Å². The largest absolute Gasteiger partial charge is 0.495 e. The number of nitrogens with one attached hydrogen (secondary N) is 1. The highest BCUT2D eigenvalue weighted by atomic mass is 16.5. The van der Waals surface area contributed by atoms with Crippen molar-refractivity contribution in [1.82, 2.24) is 9.97 Å². The number of rotatable bonds is 2. The van der Waals surface area contributed by atoms with Crippen molar-refractivity contribution in [2.24, 2.45) is 0 Å². The maximum Gasteiger partial charge on any atom is 0.137 e. The number of hydrogen-bond donors (Lipinski definition) is 1. The summed E-state index contributed by atoms with van der Waals surface area (Å²) >= 11 is 0. The first-order valence-electron chi connectivity index (χ1n) is 4.03. The van der Waals surface area contributed by atoms with Gasteiger partial charge in [-0.05, 0) is 18.2 Å². The van der Waals surface area contributed by atoms with Crippen LogP contribution in [0.15, 0.2) is 36.8 Å². The van der Waals surface area contributed by atoms with Crippen LogP contribution < -0.4 is 4.74 Å². The fourth-order valence-corrected chi connectivity index (χ4v) is 1.19. The van der Waals surface area contributed by atoms with Crippen LogP contribution in [0, 0.1) is 0 Å². The molecule has 0 radical (unpaired) electrons. The number of H-pyrrole nitrogens is 1. The van der Waals surface area contributed by atoms with Crippen molar-refractivity contribution < 1.29 is 4.74 Å². The summed E-state index contributed by atoms with van der Waals surface area (Å²) in [5.74, 6) is 0.770. The molecular weight excluding hydrogens is 164 g/mol. The average Bonchev–Trinajstić information content (AvgIpc) is 2.71. The number of methoxy groups -OCH3 is 1. The van der Waals surface area contributed by atoms with Crippen LogP contribution >= 0.6 is 0 Å². The average molecular weight is 174 g/mol. The van der Waals surface area contributed by atoms with Gasteiger partial charge in [0.2, 0.25) is 0 Å². The first kappa shape index (κ1) is 7.86. The summed E-state index contributed by atoms with van der Waals surface area (Å²) in [6.07, 6.45) is 5.37. The summed E-state index contributed by atoms with van der Waals surface area (Å²) in [7, 11) is 1.63. The predicted octanol–water partition coefficient (Wildman–Crippen LogP) is 2.09. The van der Waals surface area contributed by atoms with E-state index in [1.54, 1.807) is 19.5 Å². The lowest BCUT2D eigenvalue weighted by Gasteiger charge is -2.01. The molecule has 13 heavy (non-hydrogen) atoms. The molecule has 0 amide bonds. The maximum absolute atomic E-state index is 5.08. The predicted molar refractivity (Wildman–Crippen MR) is 50.6 cm³/mol. The molecule has 1 N–H and O–H groups in total.